The average Bonchev–Trinajstić information content (AvgIpc) is 3.21. The summed E-state index contributed by atoms with van der Waals surface area (Å²) in [5.41, 5.74) is 0.471. The third-order valence-electron chi connectivity index (χ3n) is 2.85. The number of carboxylic acid groups (broad SMARTS) is 1. The lowest BCUT2D eigenvalue weighted by molar-refractivity contribution is -0.139. The van der Waals surface area contributed by atoms with Crippen LogP contribution in [0.25, 0.3) is 0 Å². The molecule has 1 aliphatic rings. The summed E-state index contributed by atoms with van der Waals surface area (Å²) >= 11 is 0. The van der Waals surface area contributed by atoms with Crippen molar-refractivity contribution < 1.29 is 19.4 Å². The standard InChI is InChI=1S/C12H15N3O4/c1-19-9-5-4-8(6-13-9)14-12(18)15-10(11(16)17)7-2-3-7/h4-7,10H,2-3H2,1H3,(H,16,17)(H2,14,15,18). The van der Waals surface area contributed by atoms with Crippen LogP contribution >= 0.6 is 0 Å². The number of anilines is 1. The number of ether oxygens (including phenoxy) is 1. The first-order chi connectivity index (χ1) is 9.10. The fourth-order valence-electron chi connectivity index (χ4n) is 1.69. The summed E-state index contributed by atoms with van der Waals surface area (Å²) in [5, 5.41) is 14.0. The van der Waals surface area contributed by atoms with Crippen LogP contribution in [0.4, 0.5) is 10.5 Å². The van der Waals surface area contributed by atoms with Crippen LogP contribution in [0.3, 0.4) is 0 Å². The lowest BCUT2D eigenvalue weighted by Crippen LogP contribution is -2.44. The first-order valence-electron chi connectivity index (χ1n) is 5.90. The van der Waals surface area contributed by atoms with Crippen molar-refractivity contribution in [1.29, 1.82) is 0 Å². The second-order valence-electron chi connectivity index (χ2n) is 4.34. The van der Waals surface area contributed by atoms with Gasteiger partial charge in [0.25, 0.3) is 0 Å². The number of pyridine rings is 1. The van der Waals surface area contributed by atoms with Crippen molar-refractivity contribution in [3.05, 3.63) is 18.3 Å². The van der Waals surface area contributed by atoms with Gasteiger partial charge in [0.15, 0.2) is 0 Å². The van der Waals surface area contributed by atoms with Crippen molar-refractivity contribution in [3.63, 3.8) is 0 Å². The minimum absolute atomic E-state index is 0.0391. The van der Waals surface area contributed by atoms with Crippen molar-refractivity contribution in [2.24, 2.45) is 5.92 Å². The van der Waals surface area contributed by atoms with Gasteiger partial charge >= 0.3 is 12.0 Å². The molecule has 1 fully saturated rings. The number of nitrogens with zero attached hydrogens (tertiary/aromatic N) is 1. The Labute approximate surface area is 110 Å². The van der Waals surface area contributed by atoms with E-state index in [-0.39, 0.29) is 5.92 Å². The second-order valence-corrected chi connectivity index (χ2v) is 4.34. The van der Waals surface area contributed by atoms with Gasteiger partial charge in [0.1, 0.15) is 6.04 Å². The van der Waals surface area contributed by atoms with Crippen molar-refractivity contribution in [1.82, 2.24) is 10.3 Å². The van der Waals surface area contributed by atoms with E-state index in [9.17, 15) is 9.59 Å². The molecule has 7 nitrogen and oxygen atoms in total. The molecule has 1 unspecified atom stereocenters. The van der Waals surface area contributed by atoms with E-state index in [2.05, 4.69) is 15.6 Å². The topological polar surface area (TPSA) is 101 Å². The van der Waals surface area contributed by atoms with Crippen LogP contribution in [0.15, 0.2) is 18.3 Å². The van der Waals surface area contributed by atoms with Crippen LogP contribution in [-0.2, 0) is 4.79 Å². The summed E-state index contributed by atoms with van der Waals surface area (Å²) in [4.78, 5) is 26.6. The molecular weight excluding hydrogens is 250 g/mol. The summed E-state index contributed by atoms with van der Waals surface area (Å²) in [6, 6.07) is 1.85. The molecule has 7 heteroatoms. The predicted molar refractivity (Wildman–Crippen MR) is 67.1 cm³/mol. The van der Waals surface area contributed by atoms with Crippen LogP contribution in [0.1, 0.15) is 12.8 Å². The van der Waals surface area contributed by atoms with Crippen molar-refractivity contribution in [3.8, 4) is 5.88 Å². The Morgan fingerprint density at radius 2 is 2.21 bits per heavy atom. The molecule has 0 saturated heterocycles. The lowest BCUT2D eigenvalue weighted by Gasteiger charge is -2.14. The number of nitrogens with one attached hydrogen (secondary N) is 2. The molecular formula is C12H15N3O4. The fourth-order valence-corrected chi connectivity index (χ4v) is 1.69. The van der Waals surface area contributed by atoms with Crippen molar-refractivity contribution >= 4 is 17.7 Å². The summed E-state index contributed by atoms with van der Waals surface area (Å²) < 4.78 is 4.89. The number of aliphatic carboxylic acids is 1. The molecule has 1 aromatic rings. The number of hydrogen-bond acceptors (Lipinski definition) is 4. The van der Waals surface area contributed by atoms with Gasteiger partial charge in [-0.3, -0.25) is 0 Å². The first-order valence-corrected chi connectivity index (χ1v) is 5.90. The van der Waals surface area contributed by atoms with Gasteiger partial charge in [-0.05, 0) is 24.8 Å². The van der Waals surface area contributed by atoms with Gasteiger partial charge in [0, 0.05) is 6.07 Å². The molecule has 2 rings (SSSR count). The maximum atomic E-state index is 11.7. The van der Waals surface area contributed by atoms with Crippen LogP contribution in [0, 0.1) is 5.92 Å². The summed E-state index contributed by atoms with van der Waals surface area (Å²) in [6.45, 7) is 0. The van der Waals surface area contributed by atoms with Crippen LogP contribution in [0.5, 0.6) is 5.88 Å². The number of carbonyl (C=O) groups excluding carboxylic acids is 1. The Hall–Kier alpha value is -2.31. The van der Waals surface area contributed by atoms with Gasteiger partial charge in [-0.25, -0.2) is 14.6 Å². The highest BCUT2D eigenvalue weighted by Crippen LogP contribution is 2.32. The largest absolute Gasteiger partial charge is 0.481 e. The average molecular weight is 265 g/mol. The van der Waals surface area contributed by atoms with E-state index in [1.54, 1.807) is 12.1 Å². The number of aromatic nitrogens is 1. The maximum absolute atomic E-state index is 11.7. The molecule has 1 aromatic heterocycles. The summed E-state index contributed by atoms with van der Waals surface area (Å²) in [6.07, 6.45) is 3.11. The zero-order valence-electron chi connectivity index (χ0n) is 10.4. The molecule has 102 valence electrons. The van der Waals surface area contributed by atoms with Crippen molar-refractivity contribution in [2.45, 2.75) is 18.9 Å². The minimum Gasteiger partial charge on any atom is -0.481 e. The van der Waals surface area contributed by atoms with E-state index >= 15 is 0 Å². The number of methoxy groups -OCH3 is 1. The number of urea groups is 1. The van der Waals surface area contributed by atoms with Gasteiger partial charge in [-0.15, -0.1) is 0 Å². The summed E-state index contributed by atoms with van der Waals surface area (Å²) in [5.74, 6) is -0.532. The predicted octanol–water partition coefficient (Wildman–Crippen LogP) is 1.07. The highest BCUT2D eigenvalue weighted by molar-refractivity contribution is 5.92. The second kappa shape index (κ2) is 5.55. The van der Waals surface area contributed by atoms with E-state index in [1.807, 2.05) is 0 Å². The quantitative estimate of drug-likeness (QED) is 0.739. The number of hydrogen-bond donors (Lipinski definition) is 3. The van der Waals surface area contributed by atoms with E-state index in [4.69, 9.17) is 9.84 Å². The number of carboxylic acids is 1. The third-order valence-corrected chi connectivity index (χ3v) is 2.85. The number of carbonyl (C=O) groups is 2. The van der Waals surface area contributed by atoms with E-state index < -0.39 is 18.0 Å². The Morgan fingerprint density at radius 1 is 1.47 bits per heavy atom. The molecule has 3 N–H and O–H groups in total. The molecule has 19 heavy (non-hydrogen) atoms. The van der Waals surface area contributed by atoms with Gasteiger partial charge < -0.3 is 20.5 Å². The molecule has 0 aromatic carbocycles. The highest BCUT2D eigenvalue weighted by atomic mass is 16.5. The zero-order valence-corrected chi connectivity index (χ0v) is 10.4. The summed E-state index contributed by atoms with van der Waals surface area (Å²) in [7, 11) is 1.50. The highest BCUT2D eigenvalue weighted by Gasteiger charge is 2.37. The SMILES string of the molecule is COc1ccc(NC(=O)NC(C(=O)O)C2CC2)cn1. The Morgan fingerprint density at radius 3 is 2.68 bits per heavy atom. The van der Waals surface area contributed by atoms with Gasteiger partial charge in [-0.2, -0.15) is 0 Å². The molecule has 0 radical (unpaired) electrons. The molecule has 0 spiro atoms. The van der Waals surface area contributed by atoms with E-state index in [0.29, 0.717) is 11.6 Å². The van der Waals surface area contributed by atoms with E-state index in [0.717, 1.165) is 12.8 Å². The molecule has 1 aliphatic carbocycles. The smallest absolute Gasteiger partial charge is 0.326 e. The molecule has 1 heterocycles. The van der Waals surface area contributed by atoms with Gasteiger partial charge in [0.05, 0.1) is 19.0 Å². The van der Waals surface area contributed by atoms with E-state index in [1.165, 1.54) is 13.3 Å². The van der Waals surface area contributed by atoms with Crippen LogP contribution < -0.4 is 15.4 Å². The number of rotatable bonds is 5. The molecule has 1 atom stereocenters. The van der Waals surface area contributed by atoms with Crippen LogP contribution in [0.2, 0.25) is 0 Å². The Bertz CT molecular complexity index is 470. The lowest BCUT2D eigenvalue weighted by atomic mass is 10.2. The zero-order chi connectivity index (χ0) is 13.8. The molecule has 0 bridgehead atoms. The van der Waals surface area contributed by atoms with Gasteiger partial charge in [-0.1, -0.05) is 0 Å². The minimum atomic E-state index is -1.01. The first kappa shape index (κ1) is 13.1. The monoisotopic (exact) mass is 265 g/mol. The fraction of sp³-hybridized carbons (Fsp3) is 0.417. The van der Waals surface area contributed by atoms with Crippen molar-refractivity contribution in [2.75, 3.05) is 12.4 Å². The normalized spacial score (nSPS) is 15.4. The third kappa shape index (κ3) is 3.57. The Kier molecular flexibility index (Phi) is 3.84. The van der Waals surface area contributed by atoms with Crippen LogP contribution in [-0.4, -0.2) is 35.2 Å². The molecule has 0 aliphatic heterocycles. The Balaban J connectivity index is 1.90. The molecule has 2 amide bonds. The molecule has 1 saturated carbocycles. The maximum Gasteiger partial charge on any atom is 0.326 e. The number of amides is 2. The van der Waals surface area contributed by atoms with Gasteiger partial charge in [0.2, 0.25) is 5.88 Å².